The number of carboxylic acids is 1. The van der Waals surface area contributed by atoms with Gasteiger partial charge in [-0.05, 0) is 70.8 Å². The van der Waals surface area contributed by atoms with Crippen molar-refractivity contribution in [1.82, 2.24) is 0 Å². The van der Waals surface area contributed by atoms with Gasteiger partial charge in [0.1, 0.15) is 17.2 Å². The molecule has 0 heterocycles. The quantitative estimate of drug-likeness (QED) is 0.323. The van der Waals surface area contributed by atoms with Gasteiger partial charge in [-0.15, -0.1) is 0 Å². The molecule has 1 aliphatic rings. The van der Waals surface area contributed by atoms with Crippen LogP contribution in [0.3, 0.4) is 0 Å². The lowest BCUT2D eigenvalue weighted by atomic mass is 9.99. The van der Waals surface area contributed by atoms with Gasteiger partial charge in [-0.25, -0.2) is 14.4 Å². The zero-order valence-corrected chi connectivity index (χ0v) is 17.7. The second kappa shape index (κ2) is 9.00. The third-order valence-electron chi connectivity index (χ3n) is 5.32. The topological polar surface area (TPSA) is 99.1 Å². The Bertz CT molecular complexity index is 1260. The summed E-state index contributed by atoms with van der Waals surface area (Å²) in [6, 6.07) is 17.0. The fourth-order valence-electron chi connectivity index (χ4n) is 3.74. The van der Waals surface area contributed by atoms with Crippen LogP contribution in [0.25, 0.3) is 11.1 Å². The molecule has 3 aromatic carbocycles. The highest BCUT2D eigenvalue weighted by molar-refractivity contribution is 5.92. The Labute approximate surface area is 189 Å². The molecule has 0 aromatic heterocycles. The Morgan fingerprint density at radius 2 is 1.45 bits per heavy atom. The van der Waals surface area contributed by atoms with E-state index in [-0.39, 0.29) is 5.92 Å². The molecule has 1 aliphatic carbocycles. The highest BCUT2D eigenvalue weighted by Gasteiger charge is 2.27. The number of ether oxygens (including phenoxy) is 3. The van der Waals surface area contributed by atoms with Gasteiger partial charge in [0.05, 0.1) is 5.56 Å². The molecule has 33 heavy (non-hydrogen) atoms. The summed E-state index contributed by atoms with van der Waals surface area (Å²) in [5, 5.41) is 8.82. The molecule has 7 heteroatoms. The Morgan fingerprint density at radius 3 is 2.06 bits per heavy atom. The second-order valence-electron chi connectivity index (χ2n) is 7.44. The van der Waals surface area contributed by atoms with Crippen LogP contribution in [0.4, 0.5) is 0 Å². The molecule has 1 N–H and O–H groups in total. The minimum atomic E-state index is -1.04. The van der Waals surface area contributed by atoms with Crippen LogP contribution >= 0.6 is 0 Å². The average molecular weight is 444 g/mol. The van der Waals surface area contributed by atoms with Gasteiger partial charge in [0.25, 0.3) is 0 Å². The van der Waals surface area contributed by atoms with E-state index in [1.54, 1.807) is 12.1 Å². The monoisotopic (exact) mass is 444 g/mol. The van der Waals surface area contributed by atoms with E-state index in [0.717, 1.165) is 28.3 Å². The van der Waals surface area contributed by atoms with Crippen LogP contribution in [-0.4, -0.2) is 29.6 Å². The molecular formula is C26H20O7. The maximum absolute atomic E-state index is 12.6. The lowest BCUT2D eigenvalue weighted by molar-refractivity contribution is -0.139. The number of aliphatic carboxylic acids is 1. The van der Waals surface area contributed by atoms with Crippen LogP contribution in [-0.2, 0) is 9.59 Å². The summed E-state index contributed by atoms with van der Waals surface area (Å²) in [5.41, 5.74) is 4.38. The number of fused-ring (bicyclic) bond motifs is 3. The smallest absolute Gasteiger partial charge is 0.343 e. The molecule has 0 amide bonds. The minimum Gasteiger partial charge on any atom is -0.482 e. The minimum absolute atomic E-state index is 0.0147. The summed E-state index contributed by atoms with van der Waals surface area (Å²) in [5.74, 6) is -0.949. The van der Waals surface area contributed by atoms with Crippen LogP contribution in [0.5, 0.6) is 17.2 Å². The maximum Gasteiger partial charge on any atom is 0.343 e. The maximum atomic E-state index is 12.6. The molecule has 0 fully saturated rings. The SMILES string of the molecule is C=CC(=O)Oc1ccc(C(=O)Oc2ccc3c(c2)C(C)c2cc(OCC(=O)O)ccc2-3)cc1. The number of carbonyl (C=O) groups is 3. The lowest BCUT2D eigenvalue weighted by Gasteiger charge is -2.10. The van der Waals surface area contributed by atoms with Crippen molar-refractivity contribution in [3.8, 4) is 28.4 Å². The fourth-order valence-corrected chi connectivity index (χ4v) is 3.74. The number of benzene rings is 3. The number of esters is 2. The molecule has 0 aliphatic heterocycles. The number of hydrogen-bond donors (Lipinski definition) is 1. The molecule has 0 spiro atoms. The van der Waals surface area contributed by atoms with E-state index in [1.807, 2.05) is 31.2 Å². The zero-order valence-electron chi connectivity index (χ0n) is 17.7. The summed E-state index contributed by atoms with van der Waals surface area (Å²) >= 11 is 0. The van der Waals surface area contributed by atoms with Gasteiger partial charge in [-0.2, -0.15) is 0 Å². The molecular weight excluding hydrogens is 424 g/mol. The fraction of sp³-hybridized carbons (Fsp3) is 0.115. The highest BCUT2D eigenvalue weighted by Crippen LogP contribution is 2.47. The highest BCUT2D eigenvalue weighted by atomic mass is 16.5. The van der Waals surface area contributed by atoms with Crippen molar-refractivity contribution in [2.75, 3.05) is 6.61 Å². The molecule has 3 aromatic rings. The van der Waals surface area contributed by atoms with Crippen LogP contribution in [0.15, 0.2) is 73.3 Å². The van der Waals surface area contributed by atoms with E-state index in [9.17, 15) is 14.4 Å². The van der Waals surface area contributed by atoms with Gasteiger partial charge in [0.15, 0.2) is 6.61 Å². The van der Waals surface area contributed by atoms with E-state index < -0.39 is 24.5 Å². The van der Waals surface area contributed by atoms with Crippen molar-refractivity contribution in [2.45, 2.75) is 12.8 Å². The summed E-state index contributed by atoms with van der Waals surface area (Å²) in [6.07, 6.45) is 1.05. The predicted octanol–water partition coefficient (Wildman–Crippen LogP) is 4.59. The number of hydrogen-bond acceptors (Lipinski definition) is 6. The van der Waals surface area contributed by atoms with Gasteiger partial charge in [0, 0.05) is 12.0 Å². The van der Waals surface area contributed by atoms with Crippen molar-refractivity contribution in [3.05, 3.63) is 90.0 Å². The van der Waals surface area contributed by atoms with Crippen molar-refractivity contribution in [2.24, 2.45) is 0 Å². The van der Waals surface area contributed by atoms with Crippen LogP contribution in [0, 0.1) is 0 Å². The molecule has 7 nitrogen and oxygen atoms in total. The number of rotatable bonds is 7. The first-order chi connectivity index (χ1) is 15.9. The Morgan fingerprint density at radius 1 is 0.879 bits per heavy atom. The van der Waals surface area contributed by atoms with Gasteiger partial charge >= 0.3 is 17.9 Å². The molecule has 0 saturated carbocycles. The van der Waals surface area contributed by atoms with Gasteiger partial charge in [-0.1, -0.05) is 25.6 Å². The molecule has 0 bridgehead atoms. The van der Waals surface area contributed by atoms with E-state index >= 15 is 0 Å². The second-order valence-corrected chi connectivity index (χ2v) is 7.44. The summed E-state index contributed by atoms with van der Waals surface area (Å²) in [4.78, 5) is 34.6. The van der Waals surface area contributed by atoms with Crippen LogP contribution in [0.1, 0.15) is 34.3 Å². The molecule has 166 valence electrons. The average Bonchev–Trinajstić information content (AvgIpc) is 3.09. The largest absolute Gasteiger partial charge is 0.482 e. The summed E-state index contributed by atoms with van der Waals surface area (Å²) < 4.78 is 15.8. The van der Waals surface area contributed by atoms with Gasteiger partial charge < -0.3 is 19.3 Å². The Balaban J connectivity index is 1.49. The normalized spacial score (nSPS) is 13.4. The summed E-state index contributed by atoms with van der Waals surface area (Å²) in [6.45, 7) is 4.96. The van der Waals surface area contributed by atoms with Crippen LogP contribution in [0.2, 0.25) is 0 Å². The molecule has 1 unspecified atom stereocenters. The Hall–Kier alpha value is -4.39. The first kappa shape index (κ1) is 21.8. The van der Waals surface area contributed by atoms with Crippen LogP contribution < -0.4 is 14.2 Å². The molecule has 0 saturated heterocycles. The van der Waals surface area contributed by atoms with E-state index in [0.29, 0.717) is 22.8 Å². The van der Waals surface area contributed by atoms with Gasteiger partial charge in [0.2, 0.25) is 0 Å². The van der Waals surface area contributed by atoms with E-state index in [2.05, 4.69) is 6.58 Å². The zero-order chi connectivity index (χ0) is 23.5. The molecule has 1 atom stereocenters. The lowest BCUT2D eigenvalue weighted by Crippen LogP contribution is -2.09. The standard InChI is InChI=1S/C26H20O7/c1-3-25(29)32-17-6-4-16(5-7-17)26(30)33-19-9-11-21-20-10-8-18(31-14-24(27)28)12-22(20)15(2)23(21)13-19/h3-13,15H,1,14H2,2H3,(H,27,28). The molecule has 4 rings (SSSR count). The predicted molar refractivity (Wildman–Crippen MR) is 120 cm³/mol. The van der Waals surface area contributed by atoms with Crippen molar-refractivity contribution >= 4 is 17.9 Å². The first-order valence-electron chi connectivity index (χ1n) is 10.1. The number of carbonyl (C=O) groups excluding carboxylic acids is 2. The summed E-state index contributed by atoms with van der Waals surface area (Å²) in [7, 11) is 0. The molecule has 0 radical (unpaired) electrons. The third-order valence-corrected chi connectivity index (χ3v) is 5.32. The number of carboxylic acid groups (broad SMARTS) is 1. The Kier molecular flexibility index (Phi) is 5.95. The van der Waals surface area contributed by atoms with Crippen molar-refractivity contribution < 1.29 is 33.7 Å². The van der Waals surface area contributed by atoms with E-state index in [1.165, 1.54) is 24.3 Å². The van der Waals surface area contributed by atoms with E-state index in [4.69, 9.17) is 19.3 Å². The van der Waals surface area contributed by atoms with Gasteiger partial charge in [-0.3, -0.25) is 0 Å². The third kappa shape index (κ3) is 4.62. The van der Waals surface area contributed by atoms with Crippen molar-refractivity contribution in [1.29, 1.82) is 0 Å². The van der Waals surface area contributed by atoms with Crippen molar-refractivity contribution in [3.63, 3.8) is 0 Å². The first-order valence-corrected chi connectivity index (χ1v) is 10.1.